The molecule has 0 saturated carbocycles. The molecular formula is C56H97NO5. The predicted molar refractivity (Wildman–Crippen MR) is 268 cm³/mol. The van der Waals surface area contributed by atoms with Crippen molar-refractivity contribution in [3.05, 3.63) is 85.1 Å². The molecule has 6 nitrogen and oxygen atoms in total. The summed E-state index contributed by atoms with van der Waals surface area (Å²) in [6.07, 6.45) is 63.6. The SMILES string of the molecule is CC/C=C/C/C=C/C/C=C/CCCCCCC(CC(=O)NC(CO)C(O)CCCCCCCCCCCCCC)OC(=O)CCC/C=C\C/C=C\C/C=C\C/C=C\CCCCC. The van der Waals surface area contributed by atoms with E-state index in [9.17, 15) is 19.8 Å². The molecule has 0 heterocycles. The zero-order valence-corrected chi connectivity index (χ0v) is 40.5. The smallest absolute Gasteiger partial charge is 0.306 e. The van der Waals surface area contributed by atoms with Crippen molar-refractivity contribution in [2.45, 2.75) is 251 Å². The van der Waals surface area contributed by atoms with Crippen molar-refractivity contribution >= 4 is 11.9 Å². The van der Waals surface area contributed by atoms with Crippen molar-refractivity contribution in [1.29, 1.82) is 0 Å². The quantitative estimate of drug-likeness (QED) is 0.0322. The summed E-state index contributed by atoms with van der Waals surface area (Å²) >= 11 is 0. The number of rotatable bonds is 45. The van der Waals surface area contributed by atoms with Gasteiger partial charge in [-0.25, -0.2) is 0 Å². The summed E-state index contributed by atoms with van der Waals surface area (Å²) in [5.74, 6) is -0.567. The predicted octanol–water partition coefficient (Wildman–Crippen LogP) is 15.6. The van der Waals surface area contributed by atoms with E-state index in [0.29, 0.717) is 25.7 Å². The number of carbonyl (C=O) groups excluding carboxylic acids is 2. The van der Waals surface area contributed by atoms with E-state index >= 15 is 0 Å². The van der Waals surface area contributed by atoms with Gasteiger partial charge in [-0.3, -0.25) is 9.59 Å². The number of esters is 1. The molecule has 0 saturated heterocycles. The Kier molecular flexibility index (Phi) is 46.7. The number of aliphatic hydroxyl groups is 2. The van der Waals surface area contributed by atoms with Gasteiger partial charge in [0.2, 0.25) is 5.91 Å². The minimum absolute atomic E-state index is 0.0369. The molecule has 0 radical (unpaired) electrons. The van der Waals surface area contributed by atoms with Crippen molar-refractivity contribution in [2.75, 3.05) is 6.61 Å². The van der Waals surface area contributed by atoms with Crippen LogP contribution in [0.5, 0.6) is 0 Å². The molecule has 0 aromatic heterocycles. The molecule has 0 aliphatic rings. The topological polar surface area (TPSA) is 95.9 Å². The number of nitrogens with one attached hydrogen (secondary N) is 1. The van der Waals surface area contributed by atoms with Gasteiger partial charge in [0.05, 0.1) is 25.2 Å². The molecule has 0 aliphatic carbocycles. The molecular weight excluding hydrogens is 767 g/mol. The van der Waals surface area contributed by atoms with Gasteiger partial charge in [-0.05, 0) is 96.3 Å². The second-order valence-electron chi connectivity index (χ2n) is 17.2. The van der Waals surface area contributed by atoms with Crippen molar-refractivity contribution in [1.82, 2.24) is 5.32 Å². The lowest BCUT2D eigenvalue weighted by atomic mass is 10.0. The molecule has 0 aromatic carbocycles. The molecule has 3 unspecified atom stereocenters. The highest BCUT2D eigenvalue weighted by atomic mass is 16.5. The van der Waals surface area contributed by atoms with E-state index < -0.39 is 18.2 Å². The van der Waals surface area contributed by atoms with Crippen molar-refractivity contribution in [3.63, 3.8) is 0 Å². The minimum atomic E-state index is -0.807. The lowest BCUT2D eigenvalue weighted by molar-refractivity contribution is -0.151. The number of ether oxygens (including phenoxy) is 1. The normalized spacial score (nSPS) is 14.0. The Morgan fingerprint density at radius 1 is 0.484 bits per heavy atom. The van der Waals surface area contributed by atoms with Gasteiger partial charge < -0.3 is 20.3 Å². The zero-order chi connectivity index (χ0) is 45.2. The van der Waals surface area contributed by atoms with Crippen LogP contribution in [-0.2, 0) is 14.3 Å². The molecule has 0 fully saturated rings. The lowest BCUT2D eigenvalue weighted by Gasteiger charge is -2.24. The number of aliphatic hydroxyl groups excluding tert-OH is 2. The summed E-state index contributed by atoms with van der Waals surface area (Å²) in [7, 11) is 0. The molecule has 6 heteroatoms. The standard InChI is InChI=1S/C56H97NO5/c1-4-7-10-13-16-19-22-25-27-28-29-31-34-37-40-43-46-49-56(61)62-52(47-44-41-38-35-32-30-26-23-20-17-14-11-8-5-2)50-55(60)57-53(51-58)54(59)48-45-42-39-36-33-24-21-18-15-12-9-6-3/h8,11,16-17,19-20,25-27,29-31,37,40,52-54,58-59H,4-7,9-10,12-15,18,21-24,28,32-36,38-39,41-51H2,1-3H3,(H,57,60)/b11-8+,19-16-,20-17+,27-25-,30-26+,31-29-,40-37-. The Morgan fingerprint density at radius 2 is 0.871 bits per heavy atom. The van der Waals surface area contributed by atoms with Gasteiger partial charge in [0.25, 0.3) is 0 Å². The van der Waals surface area contributed by atoms with Crippen LogP contribution in [0.1, 0.15) is 233 Å². The van der Waals surface area contributed by atoms with Gasteiger partial charge in [0.15, 0.2) is 0 Å². The highest BCUT2D eigenvalue weighted by Crippen LogP contribution is 2.17. The number of hydrogen-bond donors (Lipinski definition) is 3. The van der Waals surface area contributed by atoms with E-state index in [1.54, 1.807) is 0 Å². The Bertz CT molecular complexity index is 1200. The van der Waals surface area contributed by atoms with Crippen LogP contribution in [0, 0.1) is 0 Å². The van der Waals surface area contributed by atoms with E-state index in [-0.39, 0.29) is 24.9 Å². The molecule has 3 N–H and O–H groups in total. The molecule has 3 atom stereocenters. The van der Waals surface area contributed by atoms with Crippen LogP contribution in [0.15, 0.2) is 85.1 Å². The summed E-state index contributed by atoms with van der Waals surface area (Å²) in [4.78, 5) is 26.1. The van der Waals surface area contributed by atoms with Crippen molar-refractivity contribution in [2.24, 2.45) is 0 Å². The first kappa shape index (κ1) is 59.0. The second-order valence-corrected chi connectivity index (χ2v) is 17.2. The van der Waals surface area contributed by atoms with Crippen molar-refractivity contribution < 1.29 is 24.5 Å². The molecule has 0 bridgehead atoms. The average Bonchev–Trinajstić information content (AvgIpc) is 3.26. The number of amides is 1. The number of allylic oxidation sites excluding steroid dienone is 14. The molecule has 1 amide bonds. The summed E-state index contributed by atoms with van der Waals surface area (Å²) in [5, 5.41) is 23.7. The summed E-state index contributed by atoms with van der Waals surface area (Å²) in [6.45, 7) is 6.32. The van der Waals surface area contributed by atoms with E-state index in [1.807, 2.05) is 0 Å². The second kappa shape index (κ2) is 49.1. The first-order valence-electron chi connectivity index (χ1n) is 25.8. The van der Waals surface area contributed by atoms with Gasteiger partial charge >= 0.3 is 5.97 Å². The van der Waals surface area contributed by atoms with Gasteiger partial charge in [-0.1, -0.05) is 209 Å². The van der Waals surface area contributed by atoms with Crippen LogP contribution in [0.25, 0.3) is 0 Å². The molecule has 0 rings (SSSR count). The van der Waals surface area contributed by atoms with Gasteiger partial charge in [-0.15, -0.1) is 0 Å². The Labute approximate surface area is 383 Å². The Balaban J connectivity index is 4.72. The number of unbranched alkanes of at least 4 members (excludes halogenated alkanes) is 19. The largest absolute Gasteiger partial charge is 0.462 e. The zero-order valence-electron chi connectivity index (χ0n) is 40.5. The fourth-order valence-electron chi connectivity index (χ4n) is 7.32. The highest BCUT2D eigenvalue weighted by molar-refractivity contribution is 5.77. The van der Waals surface area contributed by atoms with E-state index in [1.165, 1.54) is 83.5 Å². The maximum absolute atomic E-state index is 13.2. The Morgan fingerprint density at radius 3 is 1.35 bits per heavy atom. The van der Waals surface area contributed by atoms with E-state index in [0.717, 1.165) is 96.3 Å². The number of carbonyl (C=O) groups is 2. The lowest BCUT2D eigenvalue weighted by Crippen LogP contribution is -2.46. The summed E-state index contributed by atoms with van der Waals surface area (Å²) in [5.41, 5.74) is 0. The van der Waals surface area contributed by atoms with Crippen LogP contribution in [0.4, 0.5) is 0 Å². The maximum Gasteiger partial charge on any atom is 0.306 e. The van der Waals surface area contributed by atoms with Crippen LogP contribution in [-0.4, -0.2) is 46.9 Å². The van der Waals surface area contributed by atoms with Crippen LogP contribution >= 0.6 is 0 Å². The maximum atomic E-state index is 13.2. The van der Waals surface area contributed by atoms with E-state index in [2.05, 4.69) is 111 Å². The first-order chi connectivity index (χ1) is 30.5. The van der Waals surface area contributed by atoms with Crippen LogP contribution < -0.4 is 5.32 Å². The molecule has 62 heavy (non-hydrogen) atoms. The van der Waals surface area contributed by atoms with Crippen LogP contribution in [0.2, 0.25) is 0 Å². The minimum Gasteiger partial charge on any atom is -0.462 e. The Hall–Kier alpha value is -2.96. The molecule has 0 aromatic rings. The summed E-state index contributed by atoms with van der Waals surface area (Å²) < 4.78 is 5.90. The summed E-state index contributed by atoms with van der Waals surface area (Å²) in [6, 6.07) is -0.724. The van der Waals surface area contributed by atoms with E-state index in [4.69, 9.17) is 4.74 Å². The van der Waals surface area contributed by atoms with Gasteiger partial charge in [-0.2, -0.15) is 0 Å². The fourth-order valence-corrected chi connectivity index (χ4v) is 7.32. The fraction of sp³-hybridized carbons (Fsp3) is 0.714. The third-order valence-electron chi connectivity index (χ3n) is 11.2. The number of hydrogen-bond acceptors (Lipinski definition) is 5. The average molecular weight is 864 g/mol. The molecule has 0 aliphatic heterocycles. The van der Waals surface area contributed by atoms with Gasteiger partial charge in [0.1, 0.15) is 6.10 Å². The first-order valence-corrected chi connectivity index (χ1v) is 25.8. The van der Waals surface area contributed by atoms with Gasteiger partial charge in [0, 0.05) is 6.42 Å². The molecule has 0 spiro atoms. The third-order valence-corrected chi connectivity index (χ3v) is 11.2. The van der Waals surface area contributed by atoms with Crippen LogP contribution in [0.3, 0.4) is 0 Å². The third kappa shape index (κ3) is 43.7. The highest BCUT2D eigenvalue weighted by Gasteiger charge is 2.24. The molecule has 356 valence electrons. The monoisotopic (exact) mass is 864 g/mol. The van der Waals surface area contributed by atoms with Crippen molar-refractivity contribution in [3.8, 4) is 0 Å².